The molecule has 15 atom stereocenters. The summed E-state index contributed by atoms with van der Waals surface area (Å²) in [6.45, 7) is 3.68. The Hall–Kier alpha value is -2.10. The SMILES string of the molecule is COC1CC2CCC(=O)C3(C#CC(CCC(O)CCC4CC(N)NCC4CC4=C[CH+]N=C4)C2CC1O)CCC(CCC1CNC2CC(=O)CCC2C1)CC3O. The fourth-order valence-corrected chi connectivity index (χ4v) is 12.0. The number of Topliss-reactive ketones (excluding diaryl/α,β-unsaturated/α-hetero) is 2. The molecule has 10 nitrogen and oxygen atoms in total. The van der Waals surface area contributed by atoms with Gasteiger partial charge in [-0.2, -0.15) is 0 Å². The fourth-order valence-electron chi connectivity index (χ4n) is 12.0. The number of fused-ring (bicyclic) bond motifs is 2. The summed E-state index contributed by atoms with van der Waals surface area (Å²) in [5.41, 5.74) is 6.53. The minimum atomic E-state index is -1.05. The van der Waals surface area contributed by atoms with E-state index >= 15 is 0 Å². The molecule has 7 rings (SSSR count). The van der Waals surface area contributed by atoms with E-state index in [1.807, 2.05) is 12.8 Å². The largest absolute Gasteiger partial charge is 0.393 e. The molecule has 304 valence electrons. The molecule has 0 aromatic carbocycles. The summed E-state index contributed by atoms with van der Waals surface area (Å²) < 4.78 is 5.71. The first-order valence-corrected chi connectivity index (χ1v) is 22.0. The van der Waals surface area contributed by atoms with Gasteiger partial charge in [-0.25, -0.2) is 0 Å². The van der Waals surface area contributed by atoms with Crippen molar-refractivity contribution in [1.82, 2.24) is 10.6 Å². The van der Waals surface area contributed by atoms with Crippen LogP contribution in [0.3, 0.4) is 0 Å². The maximum Gasteiger partial charge on any atom is 0.176 e. The molecule has 2 saturated heterocycles. The highest BCUT2D eigenvalue weighted by Gasteiger charge is 2.49. The van der Waals surface area contributed by atoms with Crippen molar-refractivity contribution in [3.8, 4) is 11.8 Å². The molecule has 0 aromatic heterocycles. The number of nitrogens with one attached hydrogen (secondary N) is 2. The highest BCUT2D eigenvalue weighted by atomic mass is 16.5. The summed E-state index contributed by atoms with van der Waals surface area (Å²) in [5, 5.41) is 41.5. The van der Waals surface area contributed by atoms with E-state index in [0.717, 1.165) is 64.5 Å². The standard InChI is InChI=1S/C45H69N4O6/c1-55-41-21-33-7-11-42(53)45(15-12-28(20-43(45)54)2-3-29-18-34-6-10-37(51)23-39(34)48-26-29)16-13-31(38(33)24-40(41)52)4-8-36(50)9-5-32-22-44(46)49-27-35(32)19-30-14-17-47-25-30/h14,17,25,28-29,31-36,38-41,43-44,48-50,52,54H,2-12,15,18-24,26-27,46H2,1H3/q+1. The molecule has 0 aromatic rings. The van der Waals surface area contributed by atoms with Crippen molar-refractivity contribution in [3.63, 3.8) is 0 Å². The maximum atomic E-state index is 14.2. The topological polar surface area (TPSA) is 166 Å². The summed E-state index contributed by atoms with van der Waals surface area (Å²) in [5.74, 6) is 10.2. The van der Waals surface area contributed by atoms with Crippen LogP contribution >= 0.6 is 0 Å². The van der Waals surface area contributed by atoms with Gasteiger partial charge in [-0.3, -0.25) is 9.59 Å². The average molecular weight is 762 g/mol. The molecule has 7 aliphatic rings. The van der Waals surface area contributed by atoms with Gasteiger partial charge in [-0.05, 0) is 138 Å². The second-order valence-corrected chi connectivity index (χ2v) is 18.9. The lowest BCUT2D eigenvalue weighted by Crippen LogP contribution is -2.49. The first kappa shape index (κ1) is 41.1. The van der Waals surface area contributed by atoms with Crippen LogP contribution in [0, 0.1) is 71.1 Å². The van der Waals surface area contributed by atoms with Crippen molar-refractivity contribution in [2.24, 2.45) is 63.5 Å². The van der Waals surface area contributed by atoms with Crippen molar-refractivity contribution in [2.75, 3.05) is 20.2 Å². The van der Waals surface area contributed by atoms with Crippen LogP contribution in [0.2, 0.25) is 0 Å². The minimum Gasteiger partial charge on any atom is -0.393 e. The van der Waals surface area contributed by atoms with Crippen molar-refractivity contribution in [1.29, 1.82) is 0 Å². The number of hydrogen-bond acceptors (Lipinski definition) is 10. The van der Waals surface area contributed by atoms with E-state index in [2.05, 4.69) is 33.5 Å². The normalized spacial score (nSPS) is 42.5. The van der Waals surface area contributed by atoms with Gasteiger partial charge in [0.1, 0.15) is 23.3 Å². The lowest BCUT2D eigenvalue weighted by molar-refractivity contribution is -0.135. The number of aliphatic hydroxyl groups excluding tert-OH is 3. The number of rotatable bonds is 12. The Morgan fingerprint density at radius 3 is 2.58 bits per heavy atom. The zero-order valence-corrected chi connectivity index (χ0v) is 33.3. The molecule has 5 fully saturated rings. The van der Waals surface area contributed by atoms with E-state index in [-0.39, 0.29) is 35.8 Å². The molecule has 0 bridgehead atoms. The van der Waals surface area contributed by atoms with Gasteiger partial charge < -0.3 is 36.4 Å². The van der Waals surface area contributed by atoms with Gasteiger partial charge in [0.25, 0.3) is 0 Å². The monoisotopic (exact) mass is 762 g/mol. The van der Waals surface area contributed by atoms with E-state index in [0.29, 0.717) is 106 Å². The number of piperidine rings is 2. The van der Waals surface area contributed by atoms with E-state index in [9.17, 15) is 24.9 Å². The lowest BCUT2D eigenvalue weighted by atomic mass is 9.64. The molecular formula is C45H69N4O6+. The van der Waals surface area contributed by atoms with Crippen molar-refractivity contribution in [3.05, 3.63) is 18.2 Å². The van der Waals surface area contributed by atoms with E-state index in [1.54, 1.807) is 7.11 Å². The van der Waals surface area contributed by atoms with Crippen molar-refractivity contribution >= 4 is 17.8 Å². The van der Waals surface area contributed by atoms with Gasteiger partial charge in [0, 0.05) is 51.3 Å². The van der Waals surface area contributed by atoms with E-state index in [4.69, 9.17) is 10.5 Å². The van der Waals surface area contributed by atoms with E-state index in [1.165, 1.54) is 12.0 Å². The number of nitrogens with two attached hydrogens (primary N) is 1. The molecule has 7 N–H and O–H groups in total. The summed E-state index contributed by atoms with van der Waals surface area (Å²) in [6.07, 6.45) is 16.9. The van der Waals surface area contributed by atoms with Gasteiger partial charge in [0.2, 0.25) is 0 Å². The molecule has 3 aliphatic heterocycles. The number of hydrogen-bond donors (Lipinski definition) is 6. The first-order valence-electron chi connectivity index (χ1n) is 22.0. The minimum absolute atomic E-state index is 0.0241. The Labute approximate surface area is 329 Å². The predicted octanol–water partition coefficient (Wildman–Crippen LogP) is 4.64. The summed E-state index contributed by atoms with van der Waals surface area (Å²) >= 11 is 0. The van der Waals surface area contributed by atoms with Crippen LogP contribution in [0.25, 0.3) is 0 Å². The molecule has 1 spiro atoms. The average Bonchev–Trinajstić information content (AvgIpc) is 3.71. The Bertz CT molecular complexity index is 1460. The van der Waals surface area contributed by atoms with Crippen molar-refractivity contribution in [2.45, 2.75) is 159 Å². The number of carbonyl (C=O) groups is 2. The Morgan fingerprint density at radius 1 is 0.964 bits per heavy atom. The van der Waals surface area contributed by atoms with Crippen LogP contribution in [0.15, 0.2) is 16.6 Å². The van der Waals surface area contributed by atoms with Gasteiger partial charge in [-0.1, -0.05) is 18.3 Å². The lowest BCUT2D eigenvalue weighted by Gasteiger charge is -2.42. The number of methoxy groups -OCH3 is 1. The quantitative estimate of drug-likeness (QED) is 0.123. The number of carbonyl (C=O) groups excluding carboxylic acids is 2. The molecule has 0 radical (unpaired) electrons. The number of ether oxygens (including phenoxy) is 1. The Morgan fingerprint density at radius 2 is 1.78 bits per heavy atom. The van der Waals surface area contributed by atoms with Gasteiger partial charge in [0.15, 0.2) is 12.0 Å². The number of ketones is 2. The highest BCUT2D eigenvalue weighted by molar-refractivity contribution is 5.89. The molecule has 0 amide bonds. The predicted molar refractivity (Wildman–Crippen MR) is 213 cm³/mol. The van der Waals surface area contributed by atoms with Crippen LogP contribution in [0.5, 0.6) is 0 Å². The number of nitrogens with zero attached hydrogens (tertiary/aromatic N) is 1. The third-order valence-electron chi connectivity index (χ3n) is 15.5. The van der Waals surface area contributed by atoms with Crippen LogP contribution < -0.4 is 16.4 Å². The number of aliphatic imine (C=N–C) groups is 1. The number of allylic oxidation sites excluding steroid dienone is 1. The summed E-state index contributed by atoms with van der Waals surface area (Å²) in [4.78, 5) is 30.4. The maximum absolute atomic E-state index is 14.2. The fraction of sp³-hybridized carbons (Fsp3) is 0.822. The van der Waals surface area contributed by atoms with Crippen LogP contribution in [-0.2, 0) is 14.3 Å². The Kier molecular flexibility index (Phi) is 13.9. The summed E-state index contributed by atoms with van der Waals surface area (Å²) in [7, 11) is 1.65. The first-order chi connectivity index (χ1) is 26.6. The molecule has 15 unspecified atom stereocenters. The second kappa shape index (κ2) is 18.7. The number of aliphatic hydroxyl groups is 3. The van der Waals surface area contributed by atoms with Gasteiger partial charge in [-0.15, -0.1) is 4.99 Å². The van der Waals surface area contributed by atoms with Gasteiger partial charge >= 0.3 is 0 Å². The third-order valence-corrected chi connectivity index (χ3v) is 15.5. The molecular weight excluding hydrogens is 693 g/mol. The van der Waals surface area contributed by atoms with E-state index < -0.39 is 23.7 Å². The van der Waals surface area contributed by atoms with Gasteiger partial charge in [0.05, 0.1) is 36.7 Å². The summed E-state index contributed by atoms with van der Waals surface area (Å²) in [6, 6.07) is 0.354. The van der Waals surface area contributed by atoms with Crippen LogP contribution in [0.4, 0.5) is 0 Å². The smallest absolute Gasteiger partial charge is 0.176 e. The highest BCUT2D eigenvalue weighted by Crippen LogP contribution is 2.47. The van der Waals surface area contributed by atoms with Crippen molar-refractivity contribution < 1.29 is 29.6 Å². The molecule has 3 heterocycles. The third kappa shape index (κ3) is 9.96. The zero-order valence-electron chi connectivity index (χ0n) is 33.3. The molecule has 4 aliphatic carbocycles. The molecule has 10 heteroatoms. The van der Waals surface area contributed by atoms with Crippen LogP contribution in [-0.4, -0.2) is 89.9 Å². The Balaban J connectivity index is 0.986. The van der Waals surface area contributed by atoms with Crippen LogP contribution in [0.1, 0.15) is 122 Å². The second-order valence-electron chi connectivity index (χ2n) is 18.9. The molecule has 55 heavy (non-hydrogen) atoms. The zero-order chi connectivity index (χ0) is 38.5. The molecule has 3 saturated carbocycles.